The highest BCUT2D eigenvalue weighted by atomic mass is 127. The van der Waals surface area contributed by atoms with Gasteiger partial charge in [0.25, 0.3) is 0 Å². The molecule has 0 spiro atoms. The number of aliphatic imine (C=N–C) groups is 1. The van der Waals surface area contributed by atoms with Crippen LogP contribution in [0.5, 0.6) is 0 Å². The zero-order valence-electron chi connectivity index (χ0n) is 17.0. The largest absolute Gasteiger partial charge is 0.357 e. The summed E-state index contributed by atoms with van der Waals surface area (Å²) in [7, 11) is 4.06. The first-order valence-corrected chi connectivity index (χ1v) is 9.73. The first-order valence-electron chi connectivity index (χ1n) is 9.73. The van der Waals surface area contributed by atoms with E-state index in [-0.39, 0.29) is 35.8 Å². The first-order chi connectivity index (χ1) is 12.5. The maximum Gasteiger partial charge on any atom is 0.191 e. The molecule has 2 atom stereocenters. The van der Waals surface area contributed by atoms with Gasteiger partial charge in [-0.05, 0) is 64.6 Å². The van der Waals surface area contributed by atoms with Crippen molar-refractivity contribution >= 4 is 29.9 Å². The van der Waals surface area contributed by atoms with Gasteiger partial charge in [-0.15, -0.1) is 24.0 Å². The molecule has 1 saturated heterocycles. The van der Waals surface area contributed by atoms with Gasteiger partial charge >= 0.3 is 0 Å². The minimum absolute atomic E-state index is 0. The summed E-state index contributed by atoms with van der Waals surface area (Å²) in [5.74, 6) is 0.645. The Morgan fingerprint density at radius 1 is 1.26 bits per heavy atom. The van der Waals surface area contributed by atoms with Crippen LogP contribution in [0.1, 0.15) is 38.3 Å². The normalized spacial score (nSPS) is 19.0. The Bertz CT molecular complexity index is 564. The first kappa shape index (κ1) is 24.1. The topological polar surface area (TPSA) is 42.9 Å². The third-order valence-corrected chi connectivity index (χ3v) is 5.06. The smallest absolute Gasteiger partial charge is 0.191 e. The Labute approximate surface area is 180 Å². The van der Waals surface area contributed by atoms with Gasteiger partial charge in [-0.3, -0.25) is 9.89 Å². The molecule has 1 aliphatic heterocycles. The van der Waals surface area contributed by atoms with Gasteiger partial charge in [0.2, 0.25) is 0 Å². The van der Waals surface area contributed by atoms with Crippen molar-refractivity contribution in [2.45, 2.75) is 38.8 Å². The number of likely N-dealkylation sites (N-methyl/N-ethyl adjacent to an activating group) is 2. The van der Waals surface area contributed by atoms with Gasteiger partial charge in [-0.2, -0.15) is 0 Å². The van der Waals surface area contributed by atoms with Gasteiger partial charge < -0.3 is 15.5 Å². The van der Waals surface area contributed by atoms with E-state index in [1.54, 1.807) is 0 Å². The van der Waals surface area contributed by atoms with Gasteiger partial charge in [-0.1, -0.05) is 19.1 Å². The Hall–Kier alpha value is -0.930. The molecule has 0 radical (unpaired) electrons. The van der Waals surface area contributed by atoms with Crippen LogP contribution in [-0.4, -0.2) is 68.6 Å². The Kier molecular flexibility index (Phi) is 11.2. The summed E-state index contributed by atoms with van der Waals surface area (Å²) in [5.41, 5.74) is 1.07. The van der Waals surface area contributed by atoms with Crippen LogP contribution < -0.4 is 10.6 Å². The molecular weight excluding hydrogens is 456 g/mol. The number of hydrogen-bond donors (Lipinski definition) is 2. The molecule has 2 rings (SSSR count). The van der Waals surface area contributed by atoms with Crippen molar-refractivity contribution in [1.82, 2.24) is 20.4 Å². The number of hydrogen-bond acceptors (Lipinski definition) is 3. The second-order valence-corrected chi connectivity index (χ2v) is 7.06. The average molecular weight is 491 g/mol. The molecule has 27 heavy (non-hydrogen) atoms. The molecule has 2 unspecified atom stereocenters. The van der Waals surface area contributed by atoms with E-state index in [2.05, 4.69) is 34.3 Å². The molecule has 0 aliphatic carbocycles. The number of benzene rings is 1. The SMILES string of the molecule is CCNC(=NCC(c1ccc(F)cc1)N(C)C)NCC1CCCN1CC.I. The molecule has 1 fully saturated rings. The van der Waals surface area contributed by atoms with E-state index in [1.807, 2.05) is 26.2 Å². The second-order valence-electron chi connectivity index (χ2n) is 7.06. The molecule has 1 aliphatic rings. The summed E-state index contributed by atoms with van der Waals surface area (Å²) < 4.78 is 13.2. The van der Waals surface area contributed by atoms with Gasteiger partial charge in [0, 0.05) is 19.1 Å². The number of halogens is 2. The standard InChI is InChI=1S/C20H34FN5.HI/c1-5-22-20(23-14-18-8-7-13-26(18)6-2)24-15-19(25(3)4)16-9-11-17(21)12-10-16;/h9-12,18-19H,5-8,13-15H2,1-4H3,(H2,22,23,24);1H. The van der Waals surface area contributed by atoms with Gasteiger partial charge in [0.15, 0.2) is 5.96 Å². The molecule has 1 aromatic rings. The zero-order valence-corrected chi connectivity index (χ0v) is 19.4. The predicted molar refractivity (Wildman–Crippen MR) is 122 cm³/mol. The van der Waals surface area contributed by atoms with E-state index < -0.39 is 0 Å². The number of likely N-dealkylation sites (tertiary alicyclic amines) is 1. The Morgan fingerprint density at radius 2 is 1.96 bits per heavy atom. The molecule has 1 heterocycles. The molecule has 0 saturated carbocycles. The number of rotatable bonds is 8. The predicted octanol–water partition coefficient (Wildman–Crippen LogP) is 3.09. The fraction of sp³-hybridized carbons (Fsp3) is 0.650. The molecule has 154 valence electrons. The molecule has 5 nitrogen and oxygen atoms in total. The van der Waals surface area contributed by atoms with Crippen LogP contribution in [0.3, 0.4) is 0 Å². The van der Waals surface area contributed by atoms with Crippen LogP contribution in [0.25, 0.3) is 0 Å². The van der Waals surface area contributed by atoms with Crippen molar-refractivity contribution in [1.29, 1.82) is 0 Å². The molecule has 7 heteroatoms. The van der Waals surface area contributed by atoms with Crippen molar-refractivity contribution in [3.05, 3.63) is 35.6 Å². The summed E-state index contributed by atoms with van der Waals surface area (Å²) in [6.45, 7) is 8.98. The van der Waals surface area contributed by atoms with E-state index in [0.717, 1.165) is 31.2 Å². The minimum atomic E-state index is -0.207. The zero-order chi connectivity index (χ0) is 18.9. The van der Waals surface area contributed by atoms with Crippen LogP contribution in [0.15, 0.2) is 29.3 Å². The summed E-state index contributed by atoms with van der Waals surface area (Å²) in [6.07, 6.45) is 2.53. The lowest BCUT2D eigenvalue weighted by Crippen LogP contribution is -2.45. The Morgan fingerprint density at radius 3 is 2.56 bits per heavy atom. The maximum absolute atomic E-state index is 13.2. The highest BCUT2D eigenvalue weighted by Crippen LogP contribution is 2.19. The maximum atomic E-state index is 13.2. The molecular formula is C20H35FIN5. The molecule has 0 aromatic heterocycles. The van der Waals surface area contributed by atoms with Crippen molar-refractivity contribution in [2.24, 2.45) is 4.99 Å². The van der Waals surface area contributed by atoms with Gasteiger partial charge in [-0.25, -0.2) is 4.39 Å². The summed E-state index contributed by atoms with van der Waals surface area (Å²) in [5, 5.41) is 6.84. The lowest BCUT2D eigenvalue weighted by Gasteiger charge is -2.25. The molecule has 2 N–H and O–H groups in total. The third-order valence-electron chi connectivity index (χ3n) is 5.06. The summed E-state index contributed by atoms with van der Waals surface area (Å²) in [4.78, 5) is 9.43. The van der Waals surface area contributed by atoms with E-state index in [1.165, 1.54) is 31.5 Å². The van der Waals surface area contributed by atoms with E-state index in [4.69, 9.17) is 4.99 Å². The van der Waals surface area contributed by atoms with E-state index in [9.17, 15) is 4.39 Å². The second kappa shape index (κ2) is 12.5. The van der Waals surface area contributed by atoms with Gasteiger partial charge in [0.1, 0.15) is 5.82 Å². The molecule has 0 bridgehead atoms. The van der Waals surface area contributed by atoms with E-state index >= 15 is 0 Å². The fourth-order valence-corrected chi connectivity index (χ4v) is 3.53. The fourth-order valence-electron chi connectivity index (χ4n) is 3.53. The monoisotopic (exact) mass is 491 g/mol. The lowest BCUT2D eigenvalue weighted by molar-refractivity contribution is 0.266. The van der Waals surface area contributed by atoms with E-state index in [0.29, 0.717) is 12.6 Å². The van der Waals surface area contributed by atoms with Crippen molar-refractivity contribution < 1.29 is 4.39 Å². The third kappa shape index (κ3) is 7.54. The quantitative estimate of drug-likeness (QED) is 0.333. The van der Waals surface area contributed by atoms with Crippen LogP contribution in [0, 0.1) is 5.82 Å². The van der Waals surface area contributed by atoms with Crippen molar-refractivity contribution in [3.63, 3.8) is 0 Å². The van der Waals surface area contributed by atoms with Crippen LogP contribution in [0.4, 0.5) is 4.39 Å². The highest BCUT2D eigenvalue weighted by Gasteiger charge is 2.23. The van der Waals surface area contributed by atoms with Crippen LogP contribution in [0.2, 0.25) is 0 Å². The summed E-state index contributed by atoms with van der Waals surface area (Å²) >= 11 is 0. The number of nitrogens with zero attached hydrogens (tertiary/aromatic N) is 3. The van der Waals surface area contributed by atoms with Gasteiger partial charge in [0.05, 0.1) is 12.6 Å². The lowest BCUT2D eigenvalue weighted by atomic mass is 10.1. The molecule has 0 amide bonds. The highest BCUT2D eigenvalue weighted by molar-refractivity contribution is 14.0. The number of nitrogens with one attached hydrogen (secondary N) is 2. The minimum Gasteiger partial charge on any atom is -0.357 e. The van der Waals surface area contributed by atoms with Crippen molar-refractivity contribution in [2.75, 3.05) is 46.8 Å². The molecule has 1 aromatic carbocycles. The van der Waals surface area contributed by atoms with Crippen molar-refractivity contribution in [3.8, 4) is 0 Å². The Balaban J connectivity index is 0.00000364. The van der Waals surface area contributed by atoms with Crippen LogP contribution >= 0.6 is 24.0 Å². The van der Waals surface area contributed by atoms with Crippen LogP contribution in [-0.2, 0) is 0 Å². The number of guanidine groups is 1. The summed E-state index contributed by atoms with van der Waals surface area (Å²) in [6, 6.07) is 7.41. The average Bonchev–Trinajstić information content (AvgIpc) is 3.08.